The molecular weight excluding hydrogens is 372 g/mol. The Bertz CT molecular complexity index is 762. The molecule has 1 heterocycles. The molecule has 6 nitrogen and oxygen atoms in total. The Kier molecular flexibility index (Phi) is 4.34. The second kappa shape index (κ2) is 6.38. The molecule has 6 heteroatoms. The molecule has 5 rings (SSSR count). The van der Waals surface area contributed by atoms with E-state index in [0.717, 1.165) is 31.1 Å². The molecule has 0 amide bonds. The van der Waals surface area contributed by atoms with Gasteiger partial charge in [-0.15, -0.1) is 0 Å². The van der Waals surface area contributed by atoms with E-state index in [0.29, 0.717) is 32.1 Å². The van der Waals surface area contributed by atoms with Crippen LogP contribution in [0.1, 0.15) is 58.3 Å². The van der Waals surface area contributed by atoms with Crippen molar-refractivity contribution in [2.75, 3.05) is 6.61 Å². The topological polar surface area (TPSA) is 104 Å². The average Bonchev–Trinajstić information content (AvgIpc) is 3.21. The number of aldehydes is 1. The molecule has 160 valence electrons. The lowest BCUT2D eigenvalue weighted by Crippen LogP contribution is -2.66. The van der Waals surface area contributed by atoms with E-state index in [1.807, 2.05) is 0 Å². The van der Waals surface area contributed by atoms with Gasteiger partial charge < -0.3 is 24.9 Å². The summed E-state index contributed by atoms with van der Waals surface area (Å²) in [6.45, 7) is 2.30. The zero-order valence-corrected chi connectivity index (χ0v) is 17.0. The van der Waals surface area contributed by atoms with Crippen molar-refractivity contribution in [2.45, 2.75) is 76.1 Å². The molecular formula is C23H32O6. The van der Waals surface area contributed by atoms with E-state index in [1.54, 1.807) is 0 Å². The average molecular weight is 405 g/mol. The van der Waals surface area contributed by atoms with Crippen molar-refractivity contribution < 1.29 is 29.6 Å². The minimum atomic E-state index is -1.27. The van der Waals surface area contributed by atoms with Crippen molar-refractivity contribution in [1.29, 1.82) is 0 Å². The first-order valence-electron chi connectivity index (χ1n) is 11.2. The molecule has 0 aromatic heterocycles. The number of carbonyl (C=O) groups is 2. The zero-order chi connectivity index (χ0) is 20.6. The summed E-state index contributed by atoms with van der Waals surface area (Å²) in [5.74, 6) is -0.378. The van der Waals surface area contributed by atoms with Gasteiger partial charge in [-0.25, -0.2) is 4.79 Å². The van der Waals surface area contributed by atoms with Crippen LogP contribution in [0.25, 0.3) is 0 Å². The molecule has 9 atom stereocenters. The highest BCUT2D eigenvalue weighted by Crippen LogP contribution is 2.69. The fourth-order valence-electron chi connectivity index (χ4n) is 8.33. The Morgan fingerprint density at radius 1 is 1.10 bits per heavy atom. The number of aliphatic hydroxyl groups excluding tert-OH is 2. The Morgan fingerprint density at radius 3 is 2.59 bits per heavy atom. The number of esters is 1. The van der Waals surface area contributed by atoms with E-state index in [-0.39, 0.29) is 42.4 Å². The van der Waals surface area contributed by atoms with E-state index in [1.165, 1.54) is 6.08 Å². The minimum absolute atomic E-state index is 0.0353. The van der Waals surface area contributed by atoms with Crippen LogP contribution in [0.5, 0.6) is 0 Å². The summed E-state index contributed by atoms with van der Waals surface area (Å²) in [6.07, 6.45) is 6.94. The quantitative estimate of drug-likeness (QED) is 0.479. The van der Waals surface area contributed by atoms with E-state index in [4.69, 9.17) is 4.74 Å². The maximum absolute atomic E-state index is 12.5. The van der Waals surface area contributed by atoms with Gasteiger partial charge in [0.25, 0.3) is 0 Å². The molecule has 0 spiro atoms. The number of rotatable bonds is 2. The first-order valence-corrected chi connectivity index (χ1v) is 11.2. The van der Waals surface area contributed by atoms with Gasteiger partial charge in [0.05, 0.1) is 17.8 Å². The Balaban J connectivity index is 1.53. The maximum atomic E-state index is 12.5. The van der Waals surface area contributed by atoms with Gasteiger partial charge in [0, 0.05) is 16.9 Å². The SMILES string of the molecule is CC12CCC3C(CCC4CC(O)CCC43C=O)C1(O)C(O)CC2C1=CC(=O)OC1. The molecule has 0 bridgehead atoms. The largest absolute Gasteiger partial charge is 0.458 e. The van der Waals surface area contributed by atoms with Crippen LogP contribution in [0, 0.1) is 34.5 Å². The summed E-state index contributed by atoms with van der Waals surface area (Å²) in [5.41, 5.74) is -1.43. The summed E-state index contributed by atoms with van der Waals surface area (Å²) in [4.78, 5) is 24.1. The molecule has 0 aromatic rings. The first kappa shape index (κ1) is 19.7. The number of ether oxygens (including phenoxy) is 1. The number of hydrogen-bond acceptors (Lipinski definition) is 6. The highest BCUT2D eigenvalue weighted by molar-refractivity contribution is 5.85. The summed E-state index contributed by atoms with van der Waals surface area (Å²) < 4.78 is 5.13. The van der Waals surface area contributed by atoms with Gasteiger partial charge in [0.2, 0.25) is 0 Å². The molecule has 9 unspecified atom stereocenters. The van der Waals surface area contributed by atoms with Gasteiger partial charge in [-0.1, -0.05) is 6.92 Å². The Labute approximate surface area is 171 Å². The number of aliphatic hydroxyl groups is 3. The minimum Gasteiger partial charge on any atom is -0.458 e. The van der Waals surface area contributed by atoms with Gasteiger partial charge in [-0.3, -0.25) is 0 Å². The normalized spacial score (nSPS) is 54.1. The first-order chi connectivity index (χ1) is 13.8. The monoisotopic (exact) mass is 404 g/mol. The highest BCUT2D eigenvalue weighted by atomic mass is 16.5. The molecule has 29 heavy (non-hydrogen) atoms. The lowest BCUT2D eigenvalue weighted by atomic mass is 9.43. The zero-order valence-electron chi connectivity index (χ0n) is 17.0. The molecule has 4 saturated carbocycles. The second-order valence-electron chi connectivity index (χ2n) is 10.6. The van der Waals surface area contributed by atoms with Crippen LogP contribution in [-0.2, 0) is 14.3 Å². The fraction of sp³-hybridized carbons (Fsp3) is 0.826. The molecule has 3 N–H and O–H groups in total. The van der Waals surface area contributed by atoms with Gasteiger partial charge in [0.15, 0.2) is 0 Å². The smallest absolute Gasteiger partial charge is 0.331 e. The van der Waals surface area contributed by atoms with E-state index >= 15 is 0 Å². The van der Waals surface area contributed by atoms with Crippen molar-refractivity contribution in [2.24, 2.45) is 34.5 Å². The molecule has 1 aliphatic heterocycles. The van der Waals surface area contributed by atoms with Gasteiger partial charge in [-0.05, 0) is 80.6 Å². The summed E-state index contributed by atoms with van der Waals surface area (Å²) in [6, 6.07) is 0. The number of hydrogen-bond donors (Lipinski definition) is 3. The molecule has 5 aliphatic rings. The van der Waals surface area contributed by atoms with Crippen LogP contribution >= 0.6 is 0 Å². The number of carbonyl (C=O) groups excluding carboxylic acids is 2. The Morgan fingerprint density at radius 2 is 1.90 bits per heavy atom. The van der Waals surface area contributed by atoms with Gasteiger partial charge >= 0.3 is 5.97 Å². The van der Waals surface area contributed by atoms with Gasteiger partial charge in [0.1, 0.15) is 12.9 Å². The van der Waals surface area contributed by atoms with Crippen LogP contribution in [0.3, 0.4) is 0 Å². The predicted molar refractivity (Wildman–Crippen MR) is 104 cm³/mol. The predicted octanol–water partition coefficient (Wildman–Crippen LogP) is 1.75. The van der Waals surface area contributed by atoms with Crippen LogP contribution in [0.15, 0.2) is 11.6 Å². The third kappa shape index (κ3) is 2.40. The van der Waals surface area contributed by atoms with Crippen LogP contribution in [-0.4, -0.2) is 52.0 Å². The molecule has 0 saturated heterocycles. The highest BCUT2D eigenvalue weighted by Gasteiger charge is 2.71. The Hall–Kier alpha value is -1.24. The fourth-order valence-corrected chi connectivity index (χ4v) is 8.33. The standard InChI is InChI=1S/C23H32O6/c1-21-6-5-16-17(3-2-14-9-15(25)4-7-22(14,16)12-24)23(21,28)19(26)10-18(21)13-8-20(27)29-11-13/h8,12,14-19,25-26,28H,2-7,9-11H2,1H3. The summed E-state index contributed by atoms with van der Waals surface area (Å²) in [5, 5.41) is 33.4. The number of fused-ring (bicyclic) bond motifs is 5. The van der Waals surface area contributed by atoms with Crippen molar-refractivity contribution in [3.05, 3.63) is 11.6 Å². The molecule has 4 fully saturated rings. The number of cyclic esters (lactones) is 1. The summed E-state index contributed by atoms with van der Waals surface area (Å²) >= 11 is 0. The molecule has 4 aliphatic carbocycles. The third-order valence-electron chi connectivity index (χ3n) is 9.77. The second-order valence-corrected chi connectivity index (χ2v) is 10.6. The van der Waals surface area contributed by atoms with E-state index < -0.39 is 22.5 Å². The molecule has 0 radical (unpaired) electrons. The van der Waals surface area contributed by atoms with Crippen LogP contribution in [0.2, 0.25) is 0 Å². The van der Waals surface area contributed by atoms with Crippen LogP contribution < -0.4 is 0 Å². The van der Waals surface area contributed by atoms with Crippen molar-refractivity contribution in [3.8, 4) is 0 Å². The lowest BCUT2D eigenvalue weighted by Gasteiger charge is -2.63. The van der Waals surface area contributed by atoms with E-state index in [9.17, 15) is 24.9 Å². The molecule has 0 aromatic carbocycles. The van der Waals surface area contributed by atoms with Gasteiger partial charge in [-0.2, -0.15) is 0 Å². The third-order valence-corrected chi connectivity index (χ3v) is 9.77. The lowest BCUT2D eigenvalue weighted by molar-refractivity contribution is -0.232. The summed E-state index contributed by atoms with van der Waals surface area (Å²) in [7, 11) is 0. The maximum Gasteiger partial charge on any atom is 0.331 e. The van der Waals surface area contributed by atoms with Crippen LogP contribution in [0.4, 0.5) is 0 Å². The van der Waals surface area contributed by atoms with Crippen molar-refractivity contribution >= 4 is 12.3 Å². The van der Waals surface area contributed by atoms with Crippen molar-refractivity contribution in [3.63, 3.8) is 0 Å². The van der Waals surface area contributed by atoms with E-state index in [2.05, 4.69) is 6.92 Å². The van der Waals surface area contributed by atoms with Crippen molar-refractivity contribution in [1.82, 2.24) is 0 Å².